The summed E-state index contributed by atoms with van der Waals surface area (Å²) in [5.74, 6) is 0. The molecule has 8 heteroatoms. The first kappa shape index (κ1) is 11.8. The van der Waals surface area contributed by atoms with Crippen LogP contribution in [0.2, 0.25) is 0 Å². The average molecular weight is 241 g/mol. The second-order valence-corrected chi connectivity index (χ2v) is 4.12. The summed E-state index contributed by atoms with van der Waals surface area (Å²) in [5, 5.41) is 0. The smallest absolute Gasteiger partial charge is 0.399 e. The molecular weight excluding hydrogens is 235 g/mol. The third-order valence-electron chi connectivity index (χ3n) is 1.59. The number of hydrogen-bond acceptors (Lipinski definition) is 3. The molecule has 84 valence electrons. The number of halogens is 3. The lowest BCUT2D eigenvalue weighted by Crippen LogP contribution is -2.13. The van der Waals surface area contributed by atoms with Crippen molar-refractivity contribution < 1.29 is 26.1 Å². The molecule has 0 aliphatic carbocycles. The normalized spacial score (nSPS) is 12.8. The minimum absolute atomic E-state index is 0.241. The van der Waals surface area contributed by atoms with Gasteiger partial charge in [0.25, 0.3) is 10.1 Å². The van der Waals surface area contributed by atoms with Crippen molar-refractivity contribution in [1.29, 1.82) is 0 Å². The van der Waals surface area contributed by atoms with Gasteiger partial charge < -0.3 is 5.73 Å². The molecule has 1 aromatic rings. The lowest BCUT2D eigenvalue weighted by molar-refractivity contribution is -0.139. The molecule has 0 saturated heterocycles. The van der Waals surface area contributed by atoms with Crippen molar-refractivity contribution in [3.63, 3.8) is 0 Å². The Morgan fingerprint density at radius 3 is 2.20 bits per heavy atom. The van der Waals surface area contributed by atoms with Gasteiger partial charge in [-0.1, -0.05) is 0 Å². The summed E-state index contributed by atoms with van der Waals surface area (Å²) in [6.45, 7) is 0. The highest BCUT2D eigenvalue weighted by Gasteiger charge is 2.36. The van der Waals surface area contributed by atoms with Crippen LogP contribution in [0.5, 0.6) is 0 Å². The first-order valence-corrected chi connectivity index (χ1v) is 5.00. The van der Waals surface area contributed by atoms with Crippen LogP contribution in [0.1, 0.15) is 5.56 Å². The molecule has 0 aliphatic rings. The Hall–Kier alpha value is -1.28. The Balaban J connectivity index is 3.55. The summed E-state index contributed by atoms with van der Waals surface area (Å²) >= 11 is 0. The molecule has 1 rings (SSSR count). The van der Waals surface area contributed by atoms with E-state index in [0.717, 1.165) is 6.07 Å². The molecule has 0 aromatic heterocycles. The number of alkyl halides is 3. The van der Waals surface area contributed by atoms with Crippen molar-refractivity contribution in [3.8, 4) is 0 Å². The maximum absolute atomic E-state index is 12.3. The fourth-order valence-corrected chi connectivity index (χ4v) is 1.69. The van der Waals surface area contributed by atoms with Gasteiger partial charge in [-0.05, 0) is 18.2 Å². The topological polar surface area (TPSA) is 80.4 Å². The fraction of sp³-hybridized carbons (Fsp3) is 0.143. The highest BCUT2D eigenvalue weighted by atomic mass is 32.2. The van der Waals surface area contributed by atoms with Crippen LogP contribution in [-0.4, -0.2) is 13.0 Å². The standard InChI is InChI=1S/C7H6F3NO3S/c8-7(9,10)5-3-4(11)1-2-6(5)15(12,13)14/h1-3H,11H2,(H,12,13,14). The van der Waals surface area contributed by atoms with E-state index < -0.39 is 26.8 Å². The number of anilines is 1. The zero-order valence-electron chi connectivity index (χ0n) is 7.12. The van der Waals surface area contributed by atoms with Gasteiger partial charge in [-0.3, -0.25) is 4.55 Å². The van der Waals surface area contributed by atoms with Crippen LogP contribution < -0.4 is 5.73 Å². The summed E-state index contributed by atoms with van der Waals surface area (Å²) in [6.07, 6.45) is -4.89. The van der Waals surface area contributed by atoms with Crippen LogP contribution in [0, 0.1) is 0 Å². The van der Waals surface area contributed by atoms with Crippen molar-refractivity contribution in [2.75, 3.05) is 5.73 Å². The Labute approximate surface area is 83.3 Å². The van der Waals surface area contributed by atoms with Crippen molar-refractivity contribution in [2.45, 2.75) is 11.1 Å². The zero-order valence-corrected chi connectivity index (χ0v) is 7.93. The zero-order chi connectivity index (χ0) is 11.9. The van der Waals surface area contributed by atoms with Gasteiger partial charge in [-0.25, -0.2) is 0 Å². The first-order valence-electron chi connectivity index (χ1n) is 3.56. The van der Waals surface area contributed by atoms with Crippen molar-refractivity contribution in [3.05, 3.63) is 23.8 Å². The highest BCUT2D eigenvalue weighted by Crippen LogP contribution is 2.35. The number of rotatable bonds is 1. The van der Waals surface area contributed by atoms with E-state index in [1.807, 2.05) is 0 Å². The number of nitrogens with two attached hydrogens (primary N) is 1. The molecule has 4 nitrogen and oxygen atoms in total. The second-order valence-electron chi connectivity index (χ2n) is 2.73. The second kappa shape index (κ2) is 3.38. The van der Waals surface area contributed by atoms with Gasteiger partial charge in [-0.2, -0.15) is 21.6 Å². The van der Waals surface area contributed by atoms with Crippen molar-refractivity contribution in [1.82, 2.24) is 0 Å². The molecule has 0 heterocycles. The largest absolute Gasteiger partial charge is 0.417 e. The fourth-order valence-electron chi connectivity index (χ4n) is 0.994. The van der Waals surface area contributed by atoms with Gasteiger partial charge >= 0.3 is 6.18 Å². The summed E-state index contributed by atoms with van der Waals surface area (Å²) in [6, 6.07) is 2.01. The average Bonchev–Trinajstić information content (AvgIpc) is 2.00. The van der Waals surface area contributed by atoms with Gasteiger partial charge in [0, 0.05) is 5.69 Å². The molecule has 3 N–H and O–H groups in total. The Kier molecular flexibility index (Phi) is 2.66. The molecule has 0 amide bonds. The molecule has 0 radical (unpaired) electrons. The SMILES string of the molecule is Nc1ccc(S(=O)(=O)O)c(C(F)(F)F)c1. The van der Waals surface area contributed by atoms with Crippen LogP contribution >= 0.6 is 0 Å². The summed E-state index contributed by atoms with van der Waals surface area (Å²) in [5.41, 5.74) is 3.37. The van der Waals surface area contributed by atoms with E-state index in [0.29, 0.717) is 12.1 Å². The first-order chi connectivity index (χ1) is 6.62. The maximum atomic E-state index is 12.3. The van der Waals surface area contributed by atoms with E-state index in [-0.39, 0.29) is 5.69 Å². The minimum Gasteiger partial charge on any atom is -0.399 e. The Morgan fingerprint density at radius 1 is 1.27 bits per heavy atom. The third-order valence-corrected chi connectivity index (χ3v) is 2.50. The summed E-state index contributed by atoms with van der Waals surface area (Å²) in [4.78, 5) is -1.20. The summed E-state index contributed by atoms with van der Waals surface area (Å²) < 4.78 is 66.8. The monoisotopic (exact) mass is 241 g/mol. The molecule has 15 heavy (non-hydrogen) atoms. The van der Waals surface area contributed by atoms with Gasteiger partial charge in [0.2, 0.25) is 0 Å². The van der Waals surface area contributed by atoms with Crippen LogP contribution in [0.15, 0.2) is 23.1 Å². The van der Waals surface area contributed by atoms with Crippen molar-refractivity contribution >= 4 is 15.8 Å². The van der Waals surface area contributed by atoms with Crippen LogP contribution in [-0.2, 0) is 16.3 Å². The Bertz CT molecular complexity index is 481. The van der Waals surface area contributed by atoms with Crippen LogP contribution in [0.25, 0.3) is 0 Å². The number of nitrogen functional groups attached to an aromatic ring is 1. The van der Waals surface area contributed by atoms with Gasteiger partial charge in [0.1, 0.15) is 4.90 Å². The maximum Gasteiger partial charge on any atom is 0.417 e. The third kappa shape index (κ3) is 2.60. The predicted octanol–water partition coefficient (Wildman–Crippen LogP) is 1.53. The van der Waals surface area contributed by atoms with Crippen molar-refractivity contribution in [2.24, 2.45) is 0 Å². The summed E-state index contributed by atoms with van der Waals surface area (Å²) in [7, 11) is -4.91. The van der Waals surface area contributed by atoms with E-state index in [1.165, 1.54) is 0 Å². The Morgan fingerprint density at radius 2 is 1.80 bits per heavy atom. The van der Waals surface area contributed by atoms with E-state index in [4.69, 9.17) is 10.3 Å². The molecule has 0 atom stereocenters. The molecular formula is C7H6F3NO3S. The predicted molar refractivity (Wildman–Crippen MR) is 45.7 cm³/mol. The van der Waals surface area contributed by atoms with E-state index in [1.54, 1.807) is 0 Å². The van der Waals surface area contributed by atoms with E-state index in [9.17, 15) is 21.6 Å². The van der Waals surface area contributed by atoms with Crippen LogP contribution in [0.3, 0.4) is 0 Å². The van der Waals surface area contributed by atoms with Gasteiger partial charge in [0.15, 0.2) is 0 Å². The van der Waals surface area contributed by atoms with Crippen LogP contribution in [0.4, 0.5) is 18.9 Å². The van der Waals surface area contributed by atoms with E-state index >= 15 is 0 Å². The minimum atomic E-state index is -4.91. The lowest BCUT2D eigenvalue weighted by Gasteiger charge is -2.11. The van der Waals surface area contributed by atoms with Gasteiger partial charge in [0.05, 0.1) is 5.56 Å². The molecule has 0 spiro atoms. The molecule has 0 saturated carbocycles. The molecule has 0 unspecified atom stereocenters. The molecule has 1 aromatic carbocycles. The van der Waals surface area contributed by atoms with Gasteiger partial charge in [-0.15, -0.1) is 0 Å². The van der Waals surface area contributed by atoms with E-state index in [2.05, 4.69) is 0 Å². The number of benzene rings is 1. The number of hydrogen-bond donors (Lipinski definition) is 2. The highest BCUT2D eigenvalue weighted by molar-refractivity contribution is 7.85. The quantitative estimate of drug-likeness (QED) is 0.577. The molecule has 0 aliphatic heterocycles. The molecule has 0 bridgehead atoms. The molecule has 0 fully saturated rings. The lowest BCUT2D eigenvalue weighted by atomic mass is 10.2.